The molecular weight excluding hydrogens is 262 g/mol. The summed E-state index contributed by atoms with van der Waals surface area (Å²) in [5.41, 5.74) is 6.31. The number of alkyl carbamates (subject to hydrolysis) is 1. The van der Waals surface area contributed by atoms with Gasteiger partial charge in [0.2, 0.25) is 5.95 Å². The average Bonchev–Trinajstić information content (AvgIpc) is 3.06. The zero-order valence-electron chi connectivity index (χ0n) is 11.0. The van der Waals surface area contributed by atoms with E-state index >= 15 is 0 Å². The summed E-state index contributed by atoms with van der Waals surface area (Å²) in [4.78, 5) is 21.6. The molecule has 0 spiro atoms. The second-order valence-corrected chi connectivity index (χ2v) is 4.61. The van der Waals surface area contributed by atoms with Crippen LogP contribution in [-0.4, -0.2) is 52.5 Å². The quantitative estimate of drug-likeness (QED) is 0.698. The van der Waals surface area contributed by atoms with E-state index in [1.807, 2.05) is 0 Å². The van der Waals surface area contributed by atoms with Crippen LogP contribution in [0.1, 0.15) is 6.42 Å². The first kappa shape index (κ1) is 12.5. The molecule has 1 atom stereocenters. The molecule has 1 unspecified atom stereocenters. The van der Waals surface area contributed by atoms with Crippen molar-refractivity contribution >= 4 is 28.9 Å². The van der Waals surface area contributed by atoms with Crippen molar-refractivity contribution in [2.24, 2.45) is 0 Å². The van der Waals surface area contributed by atoms with Crippen LogP contribution in [0, 0.1) is 0 Å². The maximum Gasteiger partial charge on any atom is 0.407 e. The van der Waals surface area contributed by atoms with Crippen LogP contribution >= 0.6 is 0 Å². The Morgan fingerprint density at radius 2 is 2.45 bits per heavy atom. The topological polar surface area (TPSA) is 122 Å². The van der Waals surface area contributed by atoms with E-state index in [1.54, 1.807) is 6.20 Å². The number of aromatic amines is 1. The van der Waals surface area contributed by atoms with Crippen molar-refractivity contribution in [3.8, 4) is 0 Å². The number of carbonyl (C=O) groups is 1. The third-order valence-corrected chi connectivity index (χ3v) is 3.30. The van der Waals surface area contributed by atoms with E-state index in [2.05, 4.69) is 35.1 Å². The zero-order chi connectivity index (χ0) is 14.1. The molecule has 106 valence electrons. The number of rotatable bonds is 2. The molecule has 0 radical (unpaired) electrons. The molecular formula is C11H15N7O2. The highest BCUT2D eigenvalue weighted by atomic mass is 16.5. The molecule has 3 heterocycles. The normalized spacial score (nSPS) is 18.4. The van der Waals surface area contributed by atoms with Gasteiger partial charge in [0.25, 0.3) is 0 Å². The van der Waals surface area contributed by atoms with Crippen molar-refractivity contribution in [3.05, 3.63) is 6.20 Å². The number of anilines is 2. The zero-order valence-corrected chi connectivity index (χ0v) is 11.0. The summed E-state index contributed by atoms with van der Waals surface area (Å²) in [7, 11) is 1.35. The SMILES string of the molecule is COC(=O)NC1CCN(c2nc(N)nc3[nH]ncc23)C1. The van der Waals surface area contributed by atoms with Crippen LogP contribution in [0.3, 0.4) is 0 Å². The number of hydrogen-bond donors (Lipinski definition) is 3. The van der Waals surface area contributed by atoms with Crippen LogP contribution in [0.25, 0.3) is 11.0 Å². The Morgan fingerprint density at radius 1 is 1.60 bits per heavy atom. The van der Waals surface area contributed by atoms with E-state index in [0.717, 1.165) is 24.2 Å². The number of fused-ring (bicyclic) bond motifs is 1. The van der Waals surface area contributed by atoms with Crippen molar-refractivity contribution in [2.45, 2.75) is 12.5 Å². The summed E-state index contributed by atoms with van der Waals surface area (Å²) in [6.45, 7) is 1.41. The molecule has 20 heavy (non-hydrogen) atoms. The van der Waals surface area contributed by atoms with Gasteiger partial charge < -0.3 is 20.7 Å². The van der Waals surface area contributed by atoms with Gasteiger partial charge in [-0.3, -0.25) is 5.10 Å². The molecule has 0 aliphatic carbocycles. The highest BCUT2D eigenvalue weighted by Gasteiger charge is 2.27. The minimum atomic E-state index is -0.424. The van der Waals surface area contributed by atoms with Crippen LogP contribution in [0.15, 0.2) is 6.20 Å². The molecule has 1 fully saturated rings. The molecule has 0 aromatic carbocycles. The van der Waals surface area contributed by atoms with Crippen LogP contribution in [0.5, 0.6) is 0 Å². The smallest absolute Gasteiger partial charge is 0.407 e. The fourth-order valence-electron chi connectivity index (χ4n) is 2.37. The van der Waals surface area contributed by atoms with Gasteiger partial charge in [-0.15, -0.1) is 0 Å². The number of nitrogens with zero attached hydrogens (tertiary/aromatic N) is 4. The summed E-state index contributed by atoms with van der Waals surface area (Å²) < 4.78 is 4.60. The van der Waals surface area contributed by atoms with Gasteiger partial charge in [0.05, 0.1) is 24.7 Å². The molecule has 0 bridgehead atoms. The Morgan fingerprint density at radius 3 is 3.25 bits per heavy atom. The van der Waals surface area contributed by atoms with Gasteiger partial charge in [0, 0.05) is 13.1 Å². The fraction of sp³-hybridized carbons (Fsp3) is 0.455. The van der Waals surface area contributed by atoms with Crippen molar-refractivity contribution in [1.29, 1.82) is 0 Å². The number of carbonyl (C=O) groups excluding carboxylic acids is 1. The molecule has 3 rings (SSSR count). The number of ether oxygens (including phenoxy) is 1. The van der Waals surface area contributed by atoms with Crippen LogP contribution in [-0.2, 0) is 4.74 Å². The highest BCUT2D eigenvalue weighted by Crippen LogP contribution is 2.26. The first-order valence-corrected chi connectivity index (χ1v) is 6.23. The Bertz CT molecular complexity index is 641. The number of nitrogen functional groups attached to an aromatic ring is 1. The van der Waals surface area contributed by atoms with E-state index in [4.69, 9.17) is 5.73 Å². The first-order valence-electron chi connectivity index (χ1n) is 6.23. The number of H-pyrrole nitrogens is 1. The Balaban J connectivity index is 1.82. The van der Waals surface area contributed by atoms with E-state index in [1.165, 1.54) is 7.11 Å². The lowest BCUT2D eigenvalue weighted by Gasteiger charge is -2.18. The first-order chi connectivity index (χ1) is 9.67. The molecule has 1 amide bonds. The summed E-state index contributed by atoms with van der Waals surface area (Å²) in [6.07, 6.45) is 2.07. The standard InChI is InChI=1S/C11H15N7O2/c1-20-11(19)14-6-2-3-18(5-6)9-7-4-13-17-8(7)15-10(12)16-9/h4,6H,2-3,5H2,1H3,(H,14,19)(H3,12,13,15,16,17). The predicted molar refractivity (Wildman–Crippen MR) is 72.3 cm³/mol. The molecule has 0 saturated carbocycles. The van der Waals surface area contributed by atoms with Gasteiger partial charge in [-0.1, -0.05) is 0 Å². The third kappa shape index (κ3) is 2.17. The number of nitrogens with two attached hydrogens (primary N) is 1. The van der Waals surface area contributed by atoms with Gasteiger partial charge in [0.1, 0.15) is 5.82 Å². The van der Waals surface area contributed by atoms with Crippen LogP contribution in [0.4, 0.5) is 16.6 Å². The van der Waals surface area contributed by atoms with E-state index in [-0.39, 0.29) is 12.0 Å². The van der Waals surface area contributed by atoms with Gasteiger partial charge in [0.15, 0.2) is 5.65 Å². The van der Waals surface area contributed by atoms with Crippen molar-refractivity contribution in [2.75, 3.05) is 30.8 Å². The summed E-state index contributed by atoms with van der Waals surface area (Å²) in [5, 5.41) is 10.3. The summed E-state index contributed by atoms with van der Waals surface area (Å²) in [5.74, 6) is 0.927. The Kier molecular flexibility index (Phi) is 3.01. The van der Waals surface area contributed by atoms with Gasteiger partial charge in [-0.05, 0) is 6.42 Å². The minimum Gasteiger partial charge on any atom is -0.453 e. The number of aromatic nitrogens is 4. The molecule has 1 saturated heterocycles. The lowest BCUT2D eigenvalue weighted by molar-refractivity contribution is 0.167. The Labute approximate surface area is 114 Å². The van der Waals surface area contributed by atoms with Gasteiger partial charge >= 0.3 is 6.09 Å². The monoisotopic (exact) mass is 277 g/mol. The summed E-state index contributed by atoms with van der Waals surface area (Å²) in [6, 6.07) is 0.0283. The van der Waals surface area contributed by atoms with Gasteiger partial charge in [-0.25, -0.2) is 4.79 Å². The van der Waals surface area contributed by atoms with E-state index in [9.17, 15) is 4.79 Å². The predicted octanol–water partition coefficient (Wildman–Crippen LogP) is -0.130. The lowest BCUT2D eigenvalue weighted by Crippen LogP contribution is -2.37. The van der Waals surface area contributed by atoms with Gasteiger partial charge in [-0.2, -0.15) is 15.1 Å². The number of hydrogen-bond acceptors (Lipinski definition) is 7. The van der Waals surface area contributed by atoms with Crippen molar-refractivity contribution in [3.63, 3.8) is 0 Å². The summed E-state index contributed by atoms with van der Waals surface area (Å²) >= 11 is 0. The lowest BCUT2D eigenvalue weighted by atomic mass is 10.3. The molecule has 2 aromatic rings. The molecule has 9 heteroatoms. The number of nitrogens with one attached hydrogen (secondary N) is 2. The maximum atomic E-state index is 11.2. The molecule has 4 N–H and O–H groups in total. The molecule has 1 aliphatic rings. The average molecular weight is 277 g/mol. The van der Waals surface area contributed by atoms with E-state index < -0.39 is 6.09 Å². The minimum absolute atomic E-state index is 0.0283. The maximum absolute atomic E-state index is 11.2. The molecule has 9 nitrogen and oxygen atoms in total. The van der Waals surface area contributed by atoms with E-state index in [0.29, 0.717) is 12.2 Å². The van der Waals surface area contributed by atoms with Crippen molar-refractivity contribution < 1.29 is 9.53 Å². The number of amides is 1. The van der Waals surface area contributed by atoms with Crippen molar-refractivity contribution in [1.82, 2.24) is 25.5 Å². The number of methoxy groups -OCH3 is 1. The third-order valence-electron chi connectivity index (χ3n) is 3.30. The molecule has 1 aliphatic heterocycles. The highest BCUT2D eigenvalue weighted by molar-refractivity contribution is 5.87. The Hall–Kier alpha value is -2.58. The second kappa shape index (κ2) is 4.83. The molecule has 2 aromatic heterocycles. The largest absolute Gasteiger partial charge is 0.453 e. The second-order valence-electron chi connectivity index (χ2n) is 4.61. The van der Waals surface area contributed by atoms with Crippen LogP contribution in [0.2, 0.25) is 0 Å². The van der Waals surface area contributed by atoms with Crippen LogP contribution < -0.4 is 16.0 Å². The fourth-order valence-corrected chi connectivity index (χ4v) is 2.37.